The highest BCUT2D eigenvalue weighted by Crippen LogP contribution is 2.29. The summed E-state index contributed by atoms with van der Waals surface area (Å²) in [5.74, 6) is 1.35. The zero-order valence-corrected chi connectivity index (χ0v) is 18.2. The van der Waals surface area contributed by atoms with Crippen LogP contribution in [0.15, 0.2) is 43.5 Å². The first-order valence-corrected chi connectivity index (χ1v) is 10.7. The Morgan fingerprint density at radius 1 is 1.14 bits per heavy atom. The fourth-order valence-electron chi connectivity index (χ4n) is 4.00. The molecule has 0 heterocycles. The molecule has 0 aliphatic heterocycles. The molecule has 0 bridgehead atoms. The molecule has 1 unspecified atom stereocenters. The van der Waals surface area contributed by atoms with E-state index >= 15 is 0 Å². The molecular formula is C24H38N2O3. The summed E-state index contributed by atoms with van der Waals surface area (Å²) in [6, 6.07) is 6.54. The van der Waals surface area contributed by atoms with Crippen molar-refractivity contribution in [1.82, 2.24) is 9.80 Å². The summed E-state index contributed by atoms with van der Waals surface area (Å²) in [6.07, 6.45) is 9.65. The molecule has 1 aliphatic rings. The summed E-state index contributed by atoms with van der Waals surface area (Å²) in [5.41, 5.74) is 1.13. The van der Waals surface area contributed by atoms with E-state index in [9.17, 15) is 5.11 Å². The first kappa shape index (κ1) is 23.5. The predicted molar refractivity (Wildman–Crippen MR) is 120 cm³/mol. The van der Waals surface area contributed by atoms with Crippen LogP contribution in [0.1, 0.15) is 37.7 Å². The van der Waals surface area contributed by atoms with E-state index in [1.54, 1.807) is 7.11 Å². The van der Waals surface area contributed by atoms with Crippen LogP contribution in [0.25, 0.3) is 0 Å². The summed E-state index contributed by atoms with van der Waals surface area (Å²) in [6.45, 7) is 10.9. The molecule has 0 radical (unpaired) electrons. The highest BCUT2D eigenvalue weighted by atomic mass is 16.5. The Labute approximate surface area is 176 Å². The Kier molecular flexibility index (Phi) is 10.3. The average molecular weight is 403 g/mol. The molecule has 2 rings (SSSR count). The van der Waals surface area contributed by atoms with Gasteiger partial charge in [-0.05, 0) is 37.6 Å². The van der Waals surface area contributed by atoms with Crippen molar-refractivity contribution in [2.24, 2.45) is 0 Å². The third-order valence-electron chi connectivity index (χ3n) is 5.54. The van der Waals surface area contributed by atoms with Crippen molar-refractivity contribution in [1.29, 1.82) is 0 Å². The number of aliphatic hydroxyl groups is 1. The smallest absolute Gasteiger partial charge is 0.161 e. The van der Waals surface area contributed by atoms with Gasteiger partial charge < -0.3 is 19.5 Å². The lowest BCUT2D eigenvalue weighted by Gasteiger charge is -2.32. The second-order valence-corrected chi connectivity index (χ2v) is 7.95. The van der Waals surface area contributed by atoms with Crippen molar-refractivity contribution in [2.45, 2.75) is 50.8 Å². The Morgan fingerprint density at radius 2 is 1.83 bits per heavy atom. The zero-order valence-electron chi connectivity index (χ0n) is 18.2. The van der Waals surface area contributed by atoms with Gasteiger partial charge in [-0.25, -0.2) is 0 Å². The van der Waals surface area contributed by atoms with Gasteiger partial charge in [0.05, 0.1) is 7.11 Å². The van der Waals surface area contributed by atoms with Gasteiger partial charge in [0, 0.05) is 32.2 Å². The molecule has 29 heavy (non-hydrogen) atoms. The van der Waals surface area contributed by atoms with Crippen LogP contribution in [-0.2, 0) is 6.54 Å². The molecule has 0 aromatic heterocycles. The maximum Gasteiger partial charge on any atom is 0.161 e. The molecule has 0 amide bonds. The lowest BCUT2D eigenvalue weighted by Crippen LogP contribution is -2.40. The maximum atomic E-state index is 10.4. The predicted octanol–water partition coefficient (Wildman–Crippen LogP) is 3.87. The van der Waals surface area contributed by atoms with Gasteiger partial charge in [-0.3, -0.25) is 4.90 Å². The van der Waals surface area contributed by atoms with Crippen LogP contribution in [0.5, 0.6) is 11.5 Å². The molecule has 5 nitrogen and oxygen atoms in total. The Hall–Kier alpha value is -1.82. The minimum atomic E-state index is -0.526. The van der Waals surface area contributed by atoms with Crippen LogP contribution in [-0.4, -0.2) is 67.5 Å². The van der Waals surface area contributed by atoms with Crippen LogP contribution in [0.2, 0.25) is 0 Å². The summed E-state index contributed by atoms with van der Waals surface area (Å²) < 4.78 is 11.4. The van der Waals surface area contributed by atoms with Gasteiger partial charge in [0.15, 0.2) is 11.5 Å². The topological polar surface area (TPSA) is 45.2 Å². The minimum Gasteiger partial charge on any atom is -0.493 e. The van der Waals surface area contributed by atoms with E-state index in [0.717, 1.165) is 25.2 Å². The van der Waals surface area contributed by atoms with Crippen molar-refractivity contribution < 1.29 is 14.6 Å². The summed E-state index contributed by atoms with van der Waals surface area (Å²) >= 11 is 0. The van der Waals surface area contributed by atoms with Gasteiger partial charge in [-0.15, -0.1) is 13.2 Å². The third kappa shape index (κ3) is 7.84. The van der Waals surface area contributed by atoms with E-state index in [-0.39, 0.29) is 6.61 Å². The van der Waals surface area contributed by atoms with E-state index in [1.807, 2.05) is 30.4 Å². The second kappa shape index (κ2) is 12.7. The highest BCUT2D eigenvalue weighted by molar-refractivity contribution is 5.43. The highest BCUT2D eigenvalue weighted by Gasteiger charge is 2.20. The number of methoxy groups -OCH3 is 1. The van der Waals surface area contributed by atoms with Gasteiger partial charge in [0.1, 0.15) is 12.7 Å². The van der Waals surface area contributed by atoms with Crippen LogP contribution in [0.4, 0.5) is 0 Å². The number of rotatable bonds is 13. The molecular weight excluding hydrogens is 364 g/mol. The molecule has 1 aromatic carbocycles. The SMILES string of the molecule is C=CCN(CC=C)Cc1ccc(OCC(O)CN(C)C2CCCCC2)c(OC)c1. The van der Waals surface area contributed by atoms with Crippen molar-refractivity contribution in [3.63, 3.8) is 0 Å². The molecule has 1 N–H and O–H groups in total. The third-order valence-corrected chi connectivity index (χ3v) is 5.54. The van der Waals surface area contributed by atoms with E-state index in [1.165, 1.54) is 32.1 Å². The number of benzene rings is 1. The lowest BCUT2D eigenvalue weighted by molar-refractivity contribution is 0.0553. The first-order valence-electron chi connectivity index (χ1n) is 10.7. The van der Waals surface area contributed by atoms with E-state index in [2.05, 4.69) is 30.0 Å². The second-order valence-electron chi connectivity index (χ2n) is 7.95. The monoisotopic (exact) mass is 402 g/mol. The van der Waals surface area contributed by atoms with Crippen LogP contribution >= 0.6 is 0 Å². The molecule has 0 spiro atoms. The largest absolute Gasteiger partial charge is 0.493 e. The van der Waals surface area contributed by atoms with E-state index in [4.69, 9.17) is 9.47 Å². The molecule has 0 saturated heterocycles. The van der Waals surface area contributed by atoms with Crippen LogP contribution in [0, 0.1) is 0 Å². The Bertz CT molecular complexity index is 619. The van der Waals surface area contributed by atoms with Gasteiger partial charge in [-0.2, -0.15) is 0 Å². The number of aliphatic hydroxyl groups excluding tert-OH is 1. The quantitative estimate of drug-likeness (QED) is 0.508. The van der Waals surface area contributed by atoms with Crippen LogP contribution < -0.4 is 9.47 Å². The molecule has 5 heteroatoms. The average Bonchev–Trinajstić information content (AvgIpc) is 2.73. The fraction of sp³-hybridized carbons (Fsp3) is 0.583. The standard InChI is InChI=1S/C24H38N2O3/c1-5-14-26(15-6-2)17-20-12-13-23(24(16-20)28-4)29-19-22(27)18-25(3)21-10-8-7-9-11-21/h5-6,12-13,16,21-22,27H,1-2,7-11,14-15,17-19H2,3-4H3. The molecule has 1 aliphatic carbocycles. The maximum absolute atomic E-state index is 10.4. The summed E-state index contributed by atoms with van der Waals surface area (Å²) in [7, 11) is 3.75. The Balaban J connectivity index is 1.89. The van der Waals surface area contributed by atoms with Gasteiger partial charge in [0.25, 0.3) is 0 Å². The molecule has 1 aromatic rings. The van der Waals surface area contributed by atoms with E-state index < -0.39 is 6.10 Å². The molecule has 1 atom stereocenters. The van der Waals surface area contributed by atoms with Crippen molar-refractivity contribution in [2.75, 3.05) is 40.4 Å². The summed E-state index contributed by atoms with van der Waals surface area (Å²) in [4.78, 5) is 4.52. The number of hydrogen-bond donors (Lipinski definition) is 1. The van der Waals surface area contributed by atoms with Crippen molar-refractivity contribution in [3.05, 3.63) is 49.1 Å². The minimum absolute atomic E-state index is 0.256. The van der Waals surface area contributed by atoms with Crippen molar-refractivity contribution in [3.8, 4) is 11.5 Å². The molecule has 1 saturated carbocycles. The number of hydrogen-bond acceptors (Lipinski definition) is 5. The first-order chi connectivity index (χ1) is 14.1. The van der Waals surface area contributed by atoms with Gasteiger partial charge in [-0.1, -0.05) is 37.5 Å². The van der Waals surface area contributed by atoms with Crippen LogP contribution in [0.3, 0.4) is 0 Å². The Morgan fingerprint density at radius 3 is 2.45 bits per heavy atom. The molecule has 162 valence electrons. The summed E-state index contributed by atoms with van der Waals surface area (Å²) in [5, 5.41) is 10.4. The molecule has 1 fully saturated rings. The van der Waals surface area contributed by atoms with Crippen molar-refractivity contribution >= 4 is 0 Å². The number of nitrogens with zero attached hydrogens (tertiary/aromatic N) is 2. The van der Waals surface area contributed by atoms with E-state index in [0.29, 0.717) is 24.1 Å². The zero-order chi connectivity index (χ0) is 21.1. The number of likely N-dealkylation sites (N-methyl/N-ethyl adjacent to an activating group) is 1. The van der Waals surface area contributed by atoms with Gasteiger partial charge in [0.2, 0.25) is 0 Å². The number of ether oxygens (including phenoxy) is 2. The normalized spacial score (nSPS) is 16.0. The lowest BCUT2D eigenvalue weighted by atomic mass is 9.94. The van der Waals surface area contributed by atoms with Gasteiger partial charge >= 0.3 is 0 Å². The fourth-order valence-corrected chi connectivity index (χ4v) is 4.00.